The number of carbonyl (C=O) groups is 1. The fourth-order valence-electron chi connectivity index (χ4n) is 4.06. The third kappa shape index (κ3) is 4.72. The first-order valence-corrected chi connectivity index (χ1v) is 12.0. The van der Waals surface area contributed by atoms with Crippen molar-refractivity contribution in [1.82, 2.24) is 9.78 Å². The van der Waals surface area contributed by atoms with Crippen LogP contribution in [0.15, 0.2) is 84.5 Å². The average Bonchev–Trinajstić information content (AvgIpc) is 3.49. The number of ether oxygens (including phenoxy) is 1. The summed E-state index contributed by atoms with van der Waals surface area (Å²) in [6, 6.07) is 22.6. The van der Waals surface area contributed by atoms with Gasteiger partial charge in [-0.2, -0.15) is 5.10 Å². The number of aryl methyl sites for hydroxylation is 2. The van der Waals surface area contributed by atoms with E-state index in [1.165, 1.54) is 27.7 Å². The molecule has 5 aromatic rings. The minimum atomic E-state index is -0.145. The summed E-state index contributed by atoms with van der Waals surface area (Å²) < 4.78 is 7.86. The molecule has 5 rings (SSSR count). The lowest BCUT2D eigenvalue weighted by Crippen LogP contribution is -2.09. The number of thiophene rings is 1. The van der Waals surface area contributed by atoms with Crippen LogP contribution >= 0.6 is 11.3 Å². The number of rotatable bonds is 7. The summed E-state index contributed by atoms with van der Waals surface area (Å²) >= 11 is 1.41. The van der Waals surface area contributed by atoms with Gasteiger partial charge in [-0.3, -0.25) is 9.48 Å². The summed E-state index contributed by atoms with van der Waals surface area (Å²) in [6.07, 6.45) is 3.54. The maximum absolute atomic E-state index is 12.8. The zero-order valence-electron chi connectivity index (χ0n) is 19.1. The molecule has 1 N–H and O–H groups in total. The van der Waals surface area contributed by atoms with Crippen LogP contribution in [0.5, 0.6) is 5.75 Å². The van der Waals surface area contributed by atoms with E-state index in [9.17, 15) is 4.79 Å². The highest BCUT2D eigenvalue weighted by atomic mass is 32.1. The third-order valence-electron chi connectivity index (χ3n) is 5.77. The normalized spacial score (nSPS) is 11.0. The lowest BCUT2D eigenvalue weighted by molar-refractivity contribution is 0.103. The maximum atomic E-state index is 12.8. The van der Waals surface area contributed by atoms with Gasteiger partial charge in [0.25, 0.3) is 5.91 Å². The largest absolute Gasteiger partial charge is 0.488 e. The number of fused-ring (bicyclic) bond motifs is 1. The molecule has 0 saturated carbocycles. The molecule has 0 saturated heterocycles. The Morgan fingerprint density at radius 1 is 1.03 bits per heavy atom. The zero-order chi connectivity index (χ0) is 23.5. The van der Waals surface area contributed by atoms with Crippen LogP contribution in [0, 0.1) is 13.8 Å². The van der Waals surface area contributed by atoms with Crippen molar-refractivity contribution in [3.05, 3.63) is 112 Å². The minimum absolute atomic E-state index is 0.145. The fourth-order valence-corrected chi connectivity index (χ4v) is 4.86. The average molecular weight is 468 g/mol. The van der Waals surface area contributed by atoms with E-state index < -0.39 is 0 Å². The van der Waals surface area contributed by atoms with Crippen LogP contribution in [0.1, 0.15) is 31.9 Å². The van der Waals surface area contributed by atoms with Gasteiger partial charge in [0.05, 0.1) is 23.3 Å². The number of hydrogen-bond donors (Lipinski definition) is 1. The summed E-state index contributed by atoms with van der Waals surface area (Å²) in [4.78, 5) is 13.4. The molecule has 5 nitrogen and oxygen atoms in total. The van der Waals surface area contributed by atoms with Gasteiger partial charge in [0.15, 0.2) is 0 Å². The molecule has 0 bridgehead atoms. The Labute approximate surface area is 202 Å². The van der Waals surface area contributed by atoms with Crippen molar-refractivity contribution in [2.75, 3.05) is 5.32 Å². The zero-order valence-corrected chi connectivity index (χ0v) is 19.9. The van der Waals surface area contributed by atoms with Gasteiger partial charge < -0.3 is 10.1 Å². The van der Waals surface area contributed by atoms with Crippen molar-refractivity contribution >= 4 is 33.7 Å². The number of anilines is 1. The number of benzene rings is 3. The fraction of sp³-hybridized carbons (Fsp3) is 0.143. The number of aromatic nitrogens is 2. The number of nitrogens with zero attached hydrogens (tertiary/aromatic N) is 2. The Morgan fingerprint density at radius 2 is 1.79 bits per heavy atom. The van der Waals surface area contributed by atoms with Crippen molar-refractivity contribution in [3.8, 4) is 5.75 Å². The molecule has 3 aromatic carbocycles. The highest BCUT2D eigenvalue weighted by molar-refractivity contribution is 7.12. The Hall–Kier alpha value is -3.90. The molecule has 0 radical (unpaired) electrons. The summed E-state index contributed by atoms with van der Waals surface area (Å²) in [5, 5.41) is 11.8. The third-order valence-corrected chi connectivity index (χ3v) is 6.75. The molecule has 6 heteroatoms. The van der Waals surface area contributed by atoms with E-state index >= 15 is 0 Å². The first-order valence-electron chi connectivity index (χ1n) is 11.1. The van der Waals surface area contributed by atoms with E-state index in [0.717, 1.165) is 22.4 Å². The summed E-state index contributed by atoms with van der Waals surface area (Å²) in [7, 11) is 0. The number of amides is 1. The Bertz CT molecular complexity index is 1440. The SMILES string of the molecule is Cc1cccc(C)c1OCc1csc(C(=O)Nc2cnn(Cc3cccc4ccccc34)c2)c1. The van der Waals surface area contributed by atoms with Crippen molar-refractivity contribution in [3.63, 3.8) is 0 Å². The van der Waals surface area contributed by atoms with Gasteiger partial charge in [-0.15, -0.1) is 11.3 Å². The predicted molar refractivity (Wildman–Crippen MR) is 138 cm³/mol. The predicted octanol–water partition coefficient (Wildman–Crippen LogP) is 6.59. The highest BCUT2D eigenvalue weighted by Gasteiger charge is 2.12. The molecule has 34 heavy (non-hydrogen) atoms. The van der Waals surface area contributed by atoms with E-state index in [4.69, 9.17) is 4.74 Å². The van der Waals surface area contributed by atoms with Crippen LogP contribution in [0.2, 0.25) is 0 Å². The molecule has 0 spiro atoms. The molecule has 2 aromatic heterocycles. The van der Waals surface area contributed by atoms with E-state index in [2.05, 4.69) is 40.7 Å². The second kappa shape index (κ2) is 9.53. The van der Waals surface area contributed by atoms with E-state index in [1.807, 2.05) is 66.5 Å². The topological polar surface area (TPSA) is 56.1 Å². The molecule has 2 heterocycles. The van der Waals surface area contributed by atoms with Crippen LogP contribution < -0.4 is 10.1 Å². The van der Waals surface area contributed by atoms with Gasteiger partial charge in [0.2, 0.25) is 0 Å². The smallest absolute Gasteiger partial charge is 0.265 e. The number of hydrogen-bond acceptors (Lipinski definition) is 4. The Morgan fingerprint density at radius 3 is 2.65 bits per heavy atom. The Balaban J connectivity index is 1.22. The quantitative estimate of drug-likeness (QED) is 0.294. The lowest BCUT2D eigenvalue weighted by atomic mass is 10.0. The van der Waals surface area contributed by atoms with Crippen molar-refractivity contribution in [2.24, 2.45) is 0 Å². The van der Waals surface area contributed by atoms with Crippen molar-refractivity contribution < 1.29 is 9.53 Å². The van der Waals surface area contributed by atoms with Gasteiger partial charge in [-0.1, -0.05) is 60.7 Å². The van der Waals surface area contributed by atoms with Gasteiger partial charge in [-0.25, -0.2) is 0 Å². The Kier molecular flexibility index (Phi) is 6.14. The van der Waals surface area contributed by atoms with Gasteiger partial charge in [0.1, 0.15) is 12.4 Å². The molecule has 0 unspecified atom stereocenters. The molecular weight excluding hydrogens is 442 g/mol. The van der Waals surface area contributed by atoms with E-state index in [1.54, 1.807) is 6.20 Å². The number of para-hydroxylation sites is 1. The van der Waals surface area contributed by atoms with Crippen LogP contribution in [-0.2, 0) is 13.2 Å². The number of carbonyl (C=O) groups excluding carboxylic acids is 1. The van der Waals surface area contributed by atoms with Crippen LogP contribution in [0.4, 0.5) is 5.69 Å². The molecule has 1 amide bonds. The second-order valence-electron chi connectivity index (χ2n) is 8.35. The minimum Gasteiger partial charge on any atom is -0.488 e. The second-order valence-corrected chi connectivity index (χ2v) is 9.26. The van der Waals surface area contributed by atoms with E-state index in [0.29, 0.717) is 23.7 Å². The van der Waals surface area contributed by atoms with Gasteiger partial charge >= 0.3 is 0 Å². The maximum Gasteiger partial charge on any atom is 0.265 e. The molecule has 0 fully saturated rings. The first-order chi connectivity index (χ1) is 16.6. The van der Waals surface area contributed by atoms with Crippen molar-refractivity contribution in [2.45, 2.75) is 27.0 Å². The standard InChI is InChI=1S/C28H25N3O2S/c1-19-7-5-8-20(2)27(19)33-17-21-13-26(34-18-21)28(32)30-24-14-29-31(16-24)15-23-11-6-10-22-9-3-4-12-25(22)23/h3-14,16,18H,15,17H2,1-2H3,(H,30,32). The van der Waals surface area contributed by atoms with Gasteiger partial charge in [0, 0.05) is 11.8 Å². The summed E-state index contributed by atoms with van der Waals surface area (Å²) in [6.45, 7) is 5.14. The van der Waals surface area contributed by atoms with Crippen LogP contribution in [0.3, 0.4) is 0 Å². The molecule has 0 atom stereocenters. The van der Waals surface area contributed by atoms with E-state index in [-0.39, 0.29) is 5.91 Å². The first kappa shape index (κ1) is 21.9. The molecule has 0 aliphatic carbocycles. The lowest BCUT2D eigenvalue weighted by Gasteiger charge is -2.10. The molecule has 0 aliphatic heterocycles. The number of nitrogens with one attached hydrogen (secondary N) is 1. The van der Waals surface area contributed by atoms with Crippen LogP contribution in [-0.4, -0.2) is 15.7 Å². The van der Waals surface area contributed by atoms with Crippen molar-refractivity contribution in [1.29, 1.82) is 0 Å². The monoisotopic (exact) mass is 467 g/mol. The molecule has 0 aliphatic rings. The van der Waals surface area contributed by atoms with Crippen LogP contribution in [0.25, 0.3) is 10.8 Å². The summed E-state index contributed by atoms with van der Waals surface area (Å²) in [5.74, 6) is 0.756. The summed E-state index contributed by atoms with van der Waals surface area (Å²) in [5.41, 5.74) is 5.05. The van der Waals surface area contributed by atoms with Gasteiger partial charge in [-0.05, 0) is 52.8 Å². The molecular formula is C28H25N3O2S. The highest BCUT2D eigenvalue weighted by Crippen LogP contribution is 2.25. The molecule has 170 valence electrons.